The van der Waals surface area contributed by atoms with Gasteiger partial charge in [-0.05, 0) is 35.9 Å². The predicted octanol–water partition coefficient (Wildman–Crippen LogP) is 4.37. The molecule has 2 N–H and O–H groups in total. The first-order valence-electron chi connectivity index (χ1n) is 8.59. The Balaban J connectivity index is 1.70. The second-order valence-corrected chi connectivity index (χ2v) is 7.67. The second-order valence-electron chi connectivity index (χ2n) is 5.98. The van der Waals surface area contributed by atoms with E-state index < -0.39 is 11.9 Å². The molecule has 0 aliphatic rings. The Labute approximate surface area is 176 Å². The van der Waals surface area contributed by atoms with Gasteiger partial charge in [-0.25, -0.2) is 4.79 Å². The summed E-state index contributed by atoms with van der Waals surface area (Å²) in [6.45, 7) is 0.357. The SMILES string of the molecule is COC(=O)c1ccc(C(=O)Nc2sc(Cl)cc2C(=O)NCc2ccccc2)cc1. The lowest BCUT2D eigenvalue weighted by molar-refractivity contribution is 0.0600. The van der Waals surface area contributed by atoms with Crippen LogP contribution in [0.25, 0.3) is 0 Å². The lowest BCUT2D eigenvalue weighted by atomic mass is 10.1. The first kappa shape index (κ1) is 20.6. The van der Waals surface area contributed by atoms with Crippen LogP contribution >= 0.6 is 22.9 Å². The highest BCUT2D eigenvalue weighted by Gasteiger charge is 2.18. The van der Waals surface area contributed by atoms with Crippen LogP contribution in [0.1, 0.15) is 36.6 Å². The number of esters is 1. The first-order valence-corrected chi connectivity index (χ1v) is 9.78. The summed E-state index contributed by atoms with van der Waals surface area (Å²) in [7, 11) is 1.29. The number of hydrogen-bond donors (Lipinski definition) is 2. The van der Waals surface area contributed by atoms with E-state index >= 15 is 0 Å². The maximum atomic E-state index is 12.6. The third-order valence-corrected chi connectivity index (χ3v) is 5.22. The number of carbonyl (C=O) groups excluding carboxylic acids is 3. The van der Waals surface area contributed by atoms with Crippen molar-refractivity contribution in [1.82, 2.24) is 5.32 Å². The Hall–Kier alpha value is -3.16. The van der Waals surface area contributed by atoms with Gasteiger partial charge in [0.15, 0.2) is 0 Å². The predicted molar refractivity (Wildman–Crippen MR) is 113 cm³/mol. The van der Waals surface area contributed by atoms with Crippen LogP contribution in [0.2, 0.25) is 4.34 Å². The molecule has 0 aliphatic heterocycles. The van der Waals surface area contributed by atoms with Gasteiger partial charge in [-0.15, -0.1) is 11.3 Å². The van der Waals surface area contributed by atoms with E-state index in [0.29, 0.717) is 27.0 Å². The van der Waals surface area contributed by atoms with E-state index in [1.165, 1.54) is 37.4 Å². The van der Waals surface area contributed by atoms with Gasteiger partial charge in [-0.1, -0.05) is 41.9 Å². The van der Waals surface area contributed by atoms with Crippen molar-refractivity contribution in [1.29, 1.82) is 0 Å². The van der Waals surface area contributed by atoms with E-state index in [1.54, 1.807) is 0 Å². The first-order chi connectivity index (χ1) is 14.0. The minimum atomic E-state index is -0.487. The lowest BCUT2D eigenvalue weighted by Gasteiger charge is -2.08. The zero-order valence-corrected chi connectivity index (χ0v) is 17.0. The molecule has 8 heteroatoms. The number of anilines is 1. The number of benzene rings is 2. The number of halogens is 1. The average Bonchev–Trinajstić information content (AvgIpc) is 3.12. The molecule has 0 spiro atoms. The number of hydrogen-bond acceptors (Lipinski definition) is 5. The highest BCUT2D eigenvalue weighted by Crippen LogP contribution is 2.32. The highest BCUT2D eigenvalue weighted by atomic mass is 35.5. The van der Waals surface area contributed by atoms with E-state index in [9.17, 15) is 14.4 Å². The maximum absolute atomic E-state index is 12.6. The molecular weight excluding hydrogens is 412 g/mol. The van der Waals surface area contributed by atoms with Gasteiger partial charge >= 0.3 is 5.97 Å². The summed E-state index contributed by atoms with van der Waals surface area (Å²) >= 11 is 7.16. The molecule has 0 atom stereocenters. The van der Waals surface area contributed by atoms with Crippen molar-refractivity contribution in [2.45, 2.75) is 6.54 Å². The number of nitrogens with one attached hydrogen (secondary N) is 2. The molecule has 0 aliphatic carbocycles. The minimum Gasteiger partial charge on any atom is -0.465 e. The molecule has 3 rings (SSSR count). The Morgan fingerprint density at radius 3 is 2.28 bits per heavy atom. The van der Waals surface area contributed by atoms with Crippen molar-refractivity contribution in [3.05, 3.63) is 87.3 Å². The van der Waals surface area contributed by atoms with Gasteiger partial charge in [0.25, 0.3) is 11.8 Å². The maximum Gasteiger partial charge on any atom is 0.337 e. The summed E-state index contributed by atoms with van der Waals surface area (Å²) in [6.07, 6.45) is 0. The zero-order valence-electron chi connectivity index (χ0n) is 15.4. The molecule has 1 aromatic heterocycles. The van der Waals surface area contributed by atoms with Gasteiger partial charge in [0.1, 0.15) is 5.00 Å². The highest BCUT2D eigenvalue weighted by molar-refractivity contribution is 7.20. The molecule has 2 aromatic carbocycles. The zero-order chi connectivity index (χ0) is 20.8. The molecular formula is C21H17ClN2O4S. The van der Waals surface area contributed by atoms with E-state index in [1.807, 2.05) is 30.3 Å². The summed E-state index contributed by atoms with van der Waals surface area (Å²) in [6, 6.07) is 17.0. The van der Waals surface area contributed by atoms with E-state index in [0.717, 1.165) is 16.9 Å². The summed E-state index contributed by atoms with van der Waals surface area (Å²) in [4.78, 5) is 36.6. The van der Waals surface area contributed by atoms with Crippen LogP contribution < -0.4 is 10.6 Å². The molecule has 29 heavy (non-hydrogen) atoms. The van der Waals surface area contributed by atoms with Crippen LogP contribution in [-0.4, -0.2) is 24.9 Å². The monoisotopic (exact) mass is 428 g/mol. The number of methoxy groups -OCH3 is 1. The quantitative estimate of drug-likeness (QED) is 0.571. The topological polar surface area (TPSA) is 84.5 Å². The van der Waals surface area contributed by atoms with Crippen molar-refractivity contribution >= 4 is 45.7 Å². The molecule has 0 bridgehead atoms. The molecule has 0 radical (unpaired) electrons. The number of amides is 2. The molecule has 0 unspecified atom stereocenters. The van der Waals surface area contributed by atoms with Crippen molar-refractivity contribution in [3.8, 4) is 0 Å². The molecule has 0 saturated carbocycles. The van der Waals surface area contributed by atoms with Gasteiger partial charge in [0.05, 0.1) is 22.6 Å². The summed E-state index contributed by atoms with van der Waals surface area (Å²) in [5, 5.41) is 5.87. The third kappa shape index (κ3) is 5.22. The van der Waals surface area contributed by atoms with Gasteiger partial charge in [-0.3, -0.25) is 9.59 Å². The van der Waals surface area contributed by atoms with Crippen LogP contribution in [0.4, 0.5) is 5.00 Å². The van der Waals surface area contributed by atoms with Gasteiger partial charge in [0.2, 0.25) is 0 Å². The standard InChI is InChI=1S/C21H17ClN2O4S/c1-28-21(27)15-9-7-14(8-10-15)18(25)24-20-16(11-17(22)29-20)19(26)23-12-13-5-3-2-4-6-13/h2-11H,12H2,1H3,(H,23,26)(H,24,25). The van der Waals surface area contributed by atoms with Crippen LogP contribution in [0.5, 0.6) is 0 Å². The summed E-state index contributed by atoms with van der Waals surface area (Å²) in [5.41, 5.74) is 1.91. The second kappa shape index (κ2) is 9.36. The van der Waals surface area contributed by atoms with Crippen LogP contribution in [0.15, 0.2) is 60.7 Å². The van der Waals surface area contributed by atoms with Crippen molar-refractivity contribution in [2.75, 3.05) is 12.4 Å². The van der Waals surface area contributed by atoms with Crippen LogP contribution in [0.3, 0.4) is 0 Å². The van der Waals surface area contributed by atoms with E-state index in [2.05, 4.69) is 15.4 Å². The van der Waals surface area contributed by atoms with Gasteiger partial charge < -0.3 is 15.4 Å². The fraction of sp³-hybridized carbons (Fsp3) is 0.0952. The largest absolute Gasteiger partial charge is 0.465 e. The molecule has 1 heterocycles. The Morgan fingerprint density at radius 2 is 1.62 bits per heavy atom. The van der Waals surface area contributed by atoms with Crippen molar-refractivity contribution < 1.29 is 19.1 Å². The van der Waals surface area contributed by atoms with Crippen molar-refractivity contribution in [3.63, 3.8) is 0 Å². The van der Waals surface area contributed by atoms with Crippen molar-refractivity contribution in [2.24, 2.45) is 0 Å². The molecule has 6 nitrogen and oxygen atoms in total. The Kier molecular flexibility index (Phi) is 6.64. The Bertz CT molecular complexity index is 1030. The molecule has 0 fully saturated rings. The normalized spacial score (nSPS) is 10.3. The molecule has 0 saturated heterocycles. The smallest absolute Gasteiger partial charge is 0.337 e. The minimum absolute atomic E-state index is 0.287. The third-order valence-electron chi connectivity index (χ3n) is 4.04. The fourth-order valence-electron chi connectivity index (χ4n) is 2.55. The summed E-state index contributed by atoms with van der Waals surface area (Å²) in [5.74, 6) is -1.25. The van der Waals surface area contributed by atoms with Crippen LogP contribution in [-0.2, 0) is 11.3 Å². The Morgan fingerprint density at radius 1 is 0.966 bits per heavy atom. The van der Waals surface area contributed by atoms with E-state index in [-0.39, 0.29) is 11.5 Å². The lowest BCUT2D eigenvalue weighted by Crippen LogP contribution is -2.24. The average molecular weight is 429 g/mol. The number of carbonyl (C=O) groups is 3. The number of ether oxygens (including phenoxy) is 1. The van der Waals surface area contributed by atoms with E-state index in [4.69, 9.17) is 11.6 Å². The molecule has 148 valence electrons. The summed E-state index contributed by atoms with van der Waals surface area (Å²) < 4.78 is 5.02. The molecule has 3 aromatic rings. The number of rotatable bonds is 6. The fourth-order valence-corrected chi connectivity index (χ4v) is 3.66. The molecule has 2 amide bonds. The van der Waals surface area contributed by atoms with Crippen LogP contribution in [0, 0.1) is 0 Å². The number of thiophene rings is 1. The van der Waals surface area contributed by atoms with Gasteiger partial charge in [0, 0.05) is 12.1 Å². The van der Waals surface area contributed by atoms with Gasteiger partial charge in [-0.2, -0.15) is 0 Å².